The molecule has 6 rings (SSSR count). The minimum absolute atomic E-state index is 0.0379. The van der Waals surface area contributed by atoms with E-state index in [-0.39, 0.29) is 35.3 Å². The Morgan fingerprint density at radius 1 is 0.925 bits per heavy atom. The maximum atomic E-state index is 14.8. The molecule has 0 aliphatic carbocycles. The summed E-state index contributed by atoms with van der Waals surface area (Å²) in [7, 11) is 0. The minimum atomic E-state index is -1.62. The maximum Gasteiger partial charge on any atom is 0.291 e. The highest BCUT2D eigenvalue weighted by molar-refractivity contribution is 6.17. The van der Waals surface area contributed by atoms with E-state index in [1.54, 1.807) is 17.0 Å². The van der Waals surface area contributed by atoms with E-state index in [1.165, 1.54) is 4.90 Å². The topological polar surface area (TPSA) is 80.1 Å². The fraction of sp³-hybridized carbons (Fsp3) is 0.303. The van der Waals surface area contributed by atoms with Gasteiger partial charge >= 0.3 is 0 Å². The SMILES string of the molecule is Cc1cccc(CN2C(=O)C3(c4ccccc42)c2c(oc4ccc(C)cc4c2=O)C(=O)N3CCCOC(C)C)c1. The molecule has 0 fully saturated rings. The predicted molar refractivity (Wildman–Crippen MR) is 154 cm³/mol. The van der Waals surface area contributed by atoms with Crippen LogP contribution in [0.4, 0.5) is 5.69 Å². The molecule has 0 radical (unpaired) electrons. The van der Waals surface area contributed by atoms with E-state index in [1.807, 2.05) is 82.3 Å². The highest BCUT2D eigenvalue weighted by Gasteiger charge is 2.64. The number of para-hydroxylation sites is 1. The highest BCUT2D eigenvalue weighted by Crippen LogP contribution is 2.53. The van der Waals surface area contributed by atoms with Crippen LogP contribution in [0.15, 0.2) is 75.9 Å². The lowest BCUT2D eigenvalue weighted by atomic mass is 9.84. The summed E-state index contributed by atoms with van der Waals surface area (Å²) in [6.07, 6.45) is 0.538. The first-order valence-corrected chi connectivity index (χ1v) is 13.7. The molecule has 0 saturated carbocycles. The van der Waals surface area contributed by atoms with Gasteiger partial charge in [0.05, 0.1) is 29.3 Å². The number of hydrogen-bond acceptors (Lipinski definition) is 5. The first-order chi connectivity index (χ1) is 19.2. The van der Waals surface area contributed by atoms with Crippen LogP contribution < -0.4 is 10.3 Å². The Hall–Kier alpha value is -4.23. The van der Waals surface area contributed by atoms with Crippen molar-refractivity contribution in [3.05, 3.63) is 111 Å². The average molecular weight is 537 g/mol. The summed E-state index contributed by atoms with van der Waals surface area (Å²) in [4.78, 5) is 46.4. The Morgan fingerprint density at radius 2 is 1.70 bits per heavy atom. The van der Waals surface area contributed by atoms with Gasteiger partial charge < -0.3 is 19.0 Å². The Morgan fingerprint density at radius 3 is 2.48 bits per heavy atom. The fourth-order valence-electron chi connectivity index (χ4n) is 6.10. The highest BCUT2D eigenvalue weighted by atomic mass is 16.5. The number of anilines is 1. The first kappa shape index (κ1) is 26.0. The quantitative estimate of drug-likeness (QED) is 0.293. The predicted octanol–water partition coefficient (Wildman–Crippen LogP) is 5.47. The van der Waals surface area contributed by atoms with Crippen molar-refractivity contribution in [2.75, 3.05) is 18.1 Å². The van der Waals surface area contributed by atoms with Crippen LogP contribution in [0.2, 0.25) is 0 Å². The van der Waals surface area contributed by atoms with Crippen LogP contribution >= 0.6 is 0 Å². The largest absolute Gasteiger partial charge is 0.450 e. The van der Waals surface area contributed by atoms with Gasteiger partial charge in [-0.1, -0.05) is 59.7 Å². The Labute approximate surface area is 233 Å². The molecule has 7 heteroatoms. The van der Waals surface area contributed by atoms with E-state index in [0.717, 1.165) is 16.7 Å². The normalized spacial score (nSPS) is 17.9. The van der Waals surface area contributed by atoms with Crippen LogP contribution in [-0.4, -0.2) is 36.0 Å². The van der Waals surface area contributed by atoms with Crippen molar-refractivity contribution in [1.82, 2.24) is 4.90 Å². The summed E-state index contributed by atoms with van der Waals surface area (Å²) >= 11 is 0. The third-order valence-electron chi connectivity index (χ3n) is 7.79. The van der Waals surface area contributed by atoms with E-state index < -0.39 is 11.4 Å². The van der Waals surface area contributed by atoms with Crippen LogP contribution in [0.25, 0.3) is 11.0 Å². The second-order valence-electron chi connectivity index (χ2n) is 11.0. The Kier molecular flexibility index (Phi) is 6.34. The summed E-state index contributed by atoms with van der Waals surface area (Å²) in [5.74, 6) is -0.849. The summed E-state index contributed by atoms with van der Waals surface area (Å²) < 4.78 is 11.9. The van der Waals surface area contributed by atoms with Crippen molar-refractivity contribution in [1.29, 1.82) is 0 Å². The first-order valence-electron chi connectivity index (χ1n) is 13.7. The third kappa shape index (κ3) is 3.87. The summed E-state index contributed by atoms with van der Waals surface area (Å²) in [5, 5.41) is 0.360. The molecule has 40 heavy (non-hydrogen) atoms. The van der Waals surface area contributed by atoms with Crippen molar-refractivity contribution in [2.24, 2.45) is 0 Å². The zero-order chi connectivity index (χ0) is 28.2. The third-order valence-corrected chi connectivity index (χ3v) is 7.79. The van der Waals surface area contributed by atoms with Gasteiger partial charge in [-0.05, 0) is 57.9 Å². The van der Waals surface area contributed by atoms with Gasteiger partial charge in [-0.2, -0.15) is 0 Å². The molecule has 204 valence electrons. The molecule has 3 aromatic carbocycles. The standard InChI is InChI=1S/C33H32N2O5/c1-20(2)39-16-8-15-35-31(37)30-28(29(36)24-18-22(4)13-14-27(24)40-30)33(35)25-11-5-6-12-26(25)34(32(33)38)19-23-10-7-9-21(3)17-23/h5-7,9-14,17-18,20H,8,15-16,19H2,1-4H3. The Bertz CT molecular complexity index is 1720. The molecule has 3 heterocycles. The number of ether oxygens (including phenoxy) is 1. The second kappa shape index (κ2) is 9.75. The molecule has 2 aliphatic rings. The van der Waals surface area contributed by atoms with E-state index in [0.29, 0.717) is 41.8 Å². The number of rotatable bonds is 7. The second-order valence-corrected chi connectivity index (χ2v) is 11.0. The smallest absolute Gasteiger partial charge is 0.291 e. The number of benzene rings is 3. The van der Waals surface area contributed by atoms with E-state index in [4.69, 9.17) is 9.15 Å². The van der Waals surface area contributed by atoms with Crippen molar-refractivity contribution >= 4 is 28.5 Å². The fourth-order valence-corrected chi connectivity index (χ4v) is 6.10. The van der Waals surface area contributed by atoms with Crippen LogP contribution in [0.1, 0.15) is 58.6 Å². The molecule has 2 amide bonds. The lowest BCUT2D eigenvalue weighted by molar-refractivity contribution is -0.126. The molecule has 0 saturated heterocycles. The Balaban J connectivity index is 1.58. The molecule has 4 aromatic rings. The average Bonchev–Trinajstić information content (AvgIpc) is 3.31. The van der Waals surface area contributed by atoms with E-state index >= 15 is 0 Å². The van der Waals surface area contributed by atoms with Gasteiger partial charge in [0.25, 0.3) is 11.8 Å². The van der Waals surface area contributed by atoms with E-state index in [2.05, 4.69) is 0 Å². The van der Waals surface area contributed by atoms with Gasteiger partial charge in [0, 0.05) is 18.7 Å². The number of amides is 2. The molecule has 1 spiro atoms. The lowest BCUT2D eigenvalue weighted by Crippen LogP contribution is -2.53. The maximum absolute atomic E-state index is 14.8. The number of carbonyl (C=O) groups excluding carboxylic acids is 2. The van der Waals surface area contributed by atoms with Crippen LogP contribution in [0, 0.1) is 13.8 Å². The molecule has 0 bridgehead atoms. The zero-order valence-electron chi connectivity index (χ0n) is 23.2. The number of nitrogens with zero attached hydrogens (tertiary/aromatic N) is 2. The van der Waals surface area contributed by atoms with Gasteiger partial charge in [0.15, 0.2) is 11.0 Å². The molecular weight excluding hydrogens is 504 g/mol. The summed E-state index contributed by atoms with van der Waals surface area (Å²) in [6, 6.07) is 20.8. The van der Waals surface area contributed by atoms with Gasteiger partial charge in [-0.25, -0.2) is 0 Å². The van der Waals surface area contributed by atoms with Crippen molar-refractivity contribution < 1.29 is 18.7 Å². The van der Waals surface area contributed by atoms with Gasteiger partial charge in [-0.3, -0.25) is 14.4 Å². The monoisotopic (exact) mass is 536 g/mol. The van der Waals surface area contributed by atoms with Crippen LogP contribution in [0.5, 0.6) is 0 Å². The molecule has 1 unspecified atom stereocenters. The molecule has 0 N–H and O–H groups in total. The zero-order valence-corrected chi connectivity index (χ0v) is 23.2. The van der Waals surface area contributed by atoms with Gasteiger partial charge in [0.1, 0.15) is 5.58 Å². The molecular formula is C33H32N2O5. The number of hydrogen-bond donors (Lipinski definition) is 0. The minimum Gasteiger partial charge on any atom is -0.450 e. The van der Waals surface area contributed by atoms with E-state index in [9.17, 15) is 14.4 Å². The van der Waals surface area contributed by atoms with Crippen molar-refractivity contribution in [3.63, 3.8) is 0 Å². The van der Waals surface area contributed by atoms with Crippen molar-refractivity contribution in [2.45, 2.75) is 52.3 Å². The lowest BCUT2D eigenvalue weighted by Gasteiger charge is -2.34. The number of carbonyl (C=O) groups is 2. The molecule has 7 nitrogen and oxygen atoms in total. The van der Waals surface area contributed by atoms with Gasteiger partial charge in [0.2, 0.25) is 5.76 Å². The summed E-state index contributed by atoms with van der Waals surface area (Å²) in [5.41, 5.74) is 2.69. The van der Waals surface area contributed by atoms with Crippen molar-refractivity contribution in [3.8, 4) is 0 Å². The van der Waals surface area contributed by atoms with Gasteiger partial charge in [-0.15, -0.1) is 0 Å². The van der Waals surface area contributed by atoms with Crippen LogP contribution in [0.3, 0.4) is 0 Å². The molecule has 1 aromatic heterocycles. The number of aryl methyl sites for hydroxylation is 2. The number of fused-ring (bicyclic) bond motifs is 5. The summed E-state index contributed by atoms with van der Waals surface area (Å²) in [6.45, 7) is 8.76. The molecule has 1 atom stereocenters. The molecule has 2 aliphatic heterocycles. The van der Waals surface area contributed by atoms with Crippen LogP contribution in [-0.2, 0) is 21.6 Å².